The van der Waals surface area contributed by atoms with E-state index in [0.717, 1.165) is 11.3 Å². The van der Waals surface area contributed by atoms with Gasteiger partial charge in [0.15, 0.2) is 0 Å². The van der Waals surface area contributed by atoms with Crippen molar-refractivity contribution < 1.29 is 14.3 Å². The first kappa shape index (κ1) is 12.0. The molecule has 1 aromatic rings. The molecule has 4 nitrogen and oxygen atoms in total. The van der Waals surface area contributed by atoms with Gasteiger partial charge in [0.05, 0.1) is 19.9 Å². The lowest BCUT2D eigenvalue weighted by Gasteiger charge is -2.09. The van der Waals surface area contributed by atoms with Crippen LogP contribution in [0.4, 0.5) is 0 Å². The second-order valence-corrected chi connectivity index (χ2v) is 3.49. The molecule has 0 atom stereocenters. The van der Waals surface area contributed by atoms with E-state index in [9.17, 15) is 4.79 Å². The predicted octanol–water partition coefficient (Wildman–Crippen LogP) is 2.08. The number of methoxy groups -OCH3 is 2. The molecular weight excluding hydrogens is 262 g/mol. The number of carbonyl (C=O) groups excluding carboxylic acids is 1. The maximum absolute atomic E-state index is 11.4. The monoisotopic (exact) mass is 273 g/mol. The van der Waals surface area contributed by atoms with Gasteiger partial charge >= 0.3 is 5.97 Å². The third kappa shape index (κ3) is 2.47. The van der Waals surface area contributed by atoms with Gasteiger partial charge < -0.3 is 9.47 Å². The second kappa shape index (κ2) is 5.11. The number of hydrogen-bond donors (Lipinski definition) is 0. The molecule has 0 aliphatic rings. The van der Waals surface area contributed by atoms with Gasteiger partial charge in [0.2, 0.25) is 5.88 Å². The van der Waals surface area contributed by atoms with Crippen LogP contribution in [0.5, 0.6) is 5.88 Å². The molecule has 0 saturated heterocycles. The number of aryl methyl sites for hydroxylation is 1. The lowest BCUT2D eigenvalue weighted by molar-refractivity contribution is 0.0596. The van der Waals surface area contributed by atoms with Crippen molar-refractivity contribution in [2.24, 2.45) is 0 Å². The Morgan fingerprint density at radius 3 is 2.67 bits per heavy atom. The molecule has 5 heteroatoms. The van der Waals surface area contributed by atoms with E-state index in [1.54, 1.807) is 6.07 Å². The van der Waals surface area contributed by atoms with Crippen molar-refractivity contribution in [1.82, 2.24) is 4.98 Å². The van der Waals surface area contributed by atoms with Gasteiger partial charge in [0.25, 0.3) is 0 Å². The van der Waals surface area contributed by atoms with Crippen molar-refractivity contribution in [3.8, 4) is 5.88 Å². The van der Waals surface area contributed by atoms with Crippen molar-refractivity contribution in [3.05, 3.63) is 22.9 Å². The first-order chi connectivity index (χ1) is 7.13. The van der Waals surface area contributed by atoms with Gasteiger partial charge in [-0.25, -0.2) is 9.78 Å². The van der Waals surface area contributed by atoms with Crippen LogP contribution in [0, 0.1) is 6.92 Å². The summed E-state index contributed by atoms with van der Waals surface area (Å²) >= 11 is 3.32. The molecule has 0 fully saturated rings. The van der Waals surface area contributed by atoms with Crippen molar-refractivity contribution in [1.29, 1.82) is 0 Å². The topological polar surface area (TPSA) is 48.4 Å². The first-order valence-electron chi connectivity index (χ1n) is 4.32. The summed E-state index contributed by atoms with van der Waals surface area (Å²) in [5.74, 6) is -0.148. The molecule has 15 heavy (non-hydrogen) atoms. The minimum atomic E-state index is -0.441. The van der Waals surface area contributed by atoms with Crippen LogP contribution in [0.3, 0.4) is 0 Å². The number of pyridine rings is 1. The molecule has 0 aliphatic heterocycles. The van der Waals surface area contributed by atoms with Crippen LogP contribution < -0.4 is 4.74 Å². The minimum Gasteiger partial charge on any atom is -0.480 e. The summed E-state index contributed by atoms with van der Waals surface area (Å²) in [6.45, 7) is 1.88. The Labute approximate surface area is 96.7 Å². The van der Waals surface area contributed by atoms with Crippen molar-refractivity contribution in [3.63, 3.8) is 0 Å². The Kier molecular flexibility index (Phi) is 4.08. The van der Waals surface area contributed by atoms with Crippen LogP contribution >= 0.6 is 15.9 Å². The average molecular weight is 274 g/mol. The van der Waals surface area contributed by atoms with Gasteiger partial charge in [-0.15, -0.1) is 0 Å². The van der Waals surface area contributed by atoms with Crippen LogP contribution in [0.15, 0.2) is 6.07 Å². The zero-order chi connectivity index (χ0) is 11.4. The molecule has 0 saturated carbocycles. The van der Waals surface area contributed by atoms with E-state index >= 15 is 0 Å². The van der Waals surface area contributed by atoms with E-state index in [1.807, 2.05) is 6.92 Å². The van der Waals surface area contributed by atoms with Gasteiger partial charge in [-0.1, -0.05) is 15.9 Å². The SMILES string of the molecule is COC(=O)c1cc(C)c(CBr)nc1OC. The molecule has 0 aromatic carbocycles. The fourth-order valence-electron chi connectivity index (χ4n) is 1.18. The zero-order valence-corrected chi connectivity index (χ0v) is 10.4. The highest BCUT2D eigenvalue weighted by atomic mass is 79.9. The number of rotatable bonds is 3. The number of ether oxygens (including phenoxy) is 2. The smallest absolute Gasteiger partial charge is 0.343 e. The van der Waals surface area contributed by atoms with Crippen molar-refractivity contribution in [2.75, 3.05) is 14.2 Å². The Morgan fingerprint density at radius 1 is 1.53 bits per heavy atom. The van der Waals surface area contributed by atoms with Crippen LogP contribution in [0.2, 0.25) is 0 Å². The van der Waals surface area contributed by atoms with E-state index in [1.165, 1.54) is 14.2 Å². The number of esters is 1. The highest BCUT2D eigenvalue weighted by Gasteiger charge is 2.16. The van der Waals surface area contributed by atoms with E-state index < -0.39 is 5.97 Å². The fraction of sp³-hybridized carbons (Fsp3) is 0.400. The number of nitrogens with zero attached hydrogens (tertiary/aromatic N) is 1. The van der Waals surface area contributed by atoms with Gasteiger partial charge in [-0.2, -0.15) is 0 Å². The molecule has 0 unspecified atom stereocenters. The zero-order valence-electron chi connectivity index (χ0n) is 8.83. The van der Waals surface area contributed by atoms with Gasteiger partial charge in [-0.3, -0.25) is 0 Å². The largest absolute Gasteiger partial charge is 0.480 e. The Bertz CT molecular complexity index is 379. The Balaban J connectivity index is 3.27. The number of alkyl halides is 1. The summed E-state index contributed by atoms with van der Waals surface area (Å²) in [4.78, 5) is 15.6. The molecule has 1 aromatic heterocycles. The normalized spacial score (nSPS) is 9.87. The van der Waals surface area contributed by atoms with Gasteiger partial charge in [0.1, 0.15) is 5.56 Å². The predicted molar refractivity (Wildman–Crippen MR) is 59.5 cm³/mol. The van der Waals surface area contributed by atoms with Gasteiger partial charge in [-0.05, 0) is 18.6 Å². The average Bonchev–Trinajstić information content (AvgIpc) is 2.27. The van der Waals surface area contributed by atoms with E-state index in [-0.39, 0.29) is 0 Å². The lowest BCUT2D eigenvalue weighted by Crippen LogP contribution is -2.08. The summed E-state index contributed by atoms with van der Waals surface area (Å²) in [6.07, 6.45) is 0. The summed E-state index contributed by atoms with van der Waals surface area (Å²) in [7, 11) is 2.80. The third-order valence-electron chi connectivity index (χ3n) is 2.01. The number of carbonyl (C=O) groups is 1. The Hall–Kier alpha value is -1.10. The molecule has 0 bridgehead atoms. The molecule has 0 N–H and O–H groups in total. The number of aromatic nitrogens is 1. The molecule has 1 heterocycles. The molecule has 82 valence electrons. The number of halogens is 1. The molecule has 0 aliphatic carbocycles. The molecule has 0 radical (unpaired) electrons. The van der Waals surface area contributed by atoms with E-state index in [4.69, 9.17) is 4.74 Å². The van der Waals surface area contributed by atoms with Crippen LogP contribution in [-0.2, 0) is 10.1 Å². The van der Waals surface area contributed by atoms with Crippen molar-refractivity contribution >= 4 is 21.9 Å². The van der Waals surface area contributed by atoms with Crippen LogP contribution in [0.25, 0.3) is 0 Å². The summed E-state index contributed by atoms with van der Waals surface area (Å²) in [6, 6.07) is 1.72. The summed E-state index contributed by atoms with van der Waals surface area (Å²) in [5, 5.41) is 0.622. The van der Waals surface area contributed by atoms with E-state index in [2.05, 4.69) is 25.7 Å². The first-order valence-corrected chi connectivity index (χ1v) is 5.45. The fourth-order valence-corrected chi connectivity index (χ4v) is 1.75. The van der Waals surface area contributed by atoms with E-state index in [0.29, 0.717) is 16.8 Å². The maximum atomic E-state index is 11.4. The van der Waals surface area contributed by atoms with Crippen LogP contribution in [-0.4, -0.2) is 25.2 Å². The standard InChI is InChI=1S/C10H12BrNO3/c1-6-4-7(10(13)15-3)9(14-2)12-8(6)5-11/h4H,5H2,1-3H3. The maximum Gasteiger partial charge on any atom is 0.343 e. The second-order valence-electron chi connectivity index (χ2n) is 2.93. The summed E-state index contributed by atoms with van der Waals surface area (Å²) in [5.41, 5.74) is 2.12. The van der Waals surface area contributed by atoms with Crippen LogP contribution in [0.1, 0.15) is 21.6 Å². The molecule has 0 amide bonds. The van der Waals surface area contributed by atoms with Gasteiger partial charge in [0, 0.05) is 5.33 Å². The highest BCUT2D eigenvalue weighted by molar-refractivity contribution is 9.08. The van der Waals surface area contributed by atoms with Crippen molar-refractivity contribution in [2.45, 2.75) is 12.3 Å². The number of hydrogen-bond acceptors (Lipinski definition) is 4. The molecule has 0 spiro atoms. The Morgan fingerprint density at radius 2 is 2.20 bits per heavy atom. The lowest BCUT2D eigenvalue weighted by atomic mass is 10.1. The molecule has 1 rings (SSSR count). The summed E-state index contributed by atoms with van der Waals surface area (Å²) < 4.78 is 9.67. The third-order valence-corrected chi connectivity index (χ3v) is 2.54. The minimum absolute atomic E-state index is 0.293. The molecular formula is C10H12BrNO3. The quantitative estimate of drug-likeness (QED) is 0.625. The highest BCUT2D eigenvalue weighted by Crippen LogP contribution is 2.21.